The van der Waals surface area contributed by atoms with Crippen molar-refractivity contribution in [2.75, 3.05) is 32.8 Å². The average Bonchev–Trinajstić information content (AvgIpc) is 3.24. The van der Waals surface area contributed by atoms with E-state index in [2.05, 4.69) is 43.2 Å². The van der Waals surface area contributed by atoms with E-state index in [0.29, 0.717) is 13.2 Å². The minimum absolute atomic E-state index is 0.316. The standard InChI is InChI=1S/C11H20O2.C9H15NO2.C4H6O2/c1-4-11(12)13-9-7-5-6-8-10(2)3;1-2-9(11)12-8-7-10-5-3-4-6-10;1-3-6-4(2)5/h4,10H,1,5-9H2,2-3H3;2H,1,3-8H2;3H,1H2,2H3. The molecule has 7 nitrogen and oxygen atoms in total. The van der Waals surface area contributed by atoms with Crippen molar-refractivity contribution in [3.63, 3.8) is 0 Å². The van der Waals surface area contributed by atoms with Crippen LogP contribution in [0.25, 0.3) is 0 Å². The molecule has 178 valence electrons. The first-order valence-corrected chi connectivity index (χ1v) is 10.9. The highest BCUT2D eigenvalue weighted by Crippen LogP contribution is 2.08. The summed E-state index contributed by atoms with van der Waals surface area (Å²) in [5, 5.41) is 0. The Hall–Kier alpha value is -2.41. The lowest BCUT2D eigenvalue weighted by Crippen LogP contribution is -2.24. The molecule has 0 N–H and O–H groups in total. The molecule has 0 bridgehead atoms. The van der Waals surface area contributed by atoms with E-state index in [-0.39, 0.29) is 17.9 Å². The molecule has 0 amide bonds. The molecule has 1 fully saturated rings. The summed E-state index contributed by atoms with van der Waals surface area (Å²) in [6.07, 6.45) is 10.6. The monoisotopic (exact) mass is 439 g/mol. The minimum atomic E-state index is -0.329. The second-order valence-electron chi connectivity index (χ2n) is 7.31. The Balaban J connectivity index is 0. The zero-order chi connectivity index (χ0) is 23.9. The molecule has 0 aromatic carbocycles. The third-order valence-electron chi connectivity index (χ3n) is 4.10. The summed E-state index contributed by atoms with van der Waals surface area (Å²) < 4.78 is 13.9. The molecule has 0 unspecified atom stereocenters. The van der Waals surface area contributed by atoms with E-state index in [1.165, 1.54) is 44.8 Å². The maximum absolute atomic E-state index is 10.6. The second kappa shape index (κ2) is 22.3. The van der Waals surface area contributed by atoms with Gasteiger partial charge in [0.15, 0.2) is 0 Å². The fourth-order valence-electron chi connectivity index (χ4n) is 2.52. The average molecular weight is 440 g/mol. The molecule has 0 aromatic heterocycles. The predicted molar refractivity (Wildman–Crippen MR) is 123 cm³/mol. The van der Waals surface area contributed by atoms with Gasteiger partial charge in [-0.2, -0.15) is 0 Å². The van der Waals surface area contributed by atoms with Crippen molar-refractivity contribution in [1.82, 2.24) is 4.90 Å². The molecule has 0 spiro atoms. The molecule has 1 aliphatic heterocycles. The lowest BCUT2D eigenvalue weighted by molar-refractivity contribution is -0.138. The van der Waals surface area contributed by atoms with E-state index in [0.717, 1.165) is 44.7 Å². The number of carbonyl (C=O) groups excluding carboxylic acids is 3. The van der Waals surface area contributed by atoms with Crippen molar-refractivity contribution in [1.29, 1.82) is 0 Å². The Labute approximate surface area is 188 Å². The first-order valence-electron chi connectivity index (χ1n) is 10.9. The van der Waals surface area contributed by atoms with Crippen LogP contribution in [0.4, 0.5) is 0 Å². The van der Waals surface area contributed by atoms with Crippen molar-refractivity contribution >= 4 is 17.9 Å². The van der Waals surface area contributed by atoms with E-state index in [1.807, 2.05) is 0 Å². The smallest absolute Gasteiger partial charge is 0.330 e. The van der Waals surface area contributed by atoms with Crippen LogP contribution in [0.3, 0.4) is 0 Å². The molecule has 0 radical (unpaired) electrons. The summed E-state index contributed by atoms with van der Waals surface area (Å²) in [5.74, 6) is -0.196. The molecule has 7 heteroatoms. The van der Waals surface area contributed by atoms with Gasteiger partial charge in [-0.1, -0.05) is 52.8 Å². The van der Waals surface area contributed by atoms with Gasteiger partial charge in [0.1, 0.15) is 6.61 Å². The number of likely N-dealkylation sites (tertiary alicyclic amines) is 1. The Morgan fingerprint density at radius 2 is 1.45 bits per heavy atom. The number of rotatable bonds is 12. The van der Waals surface area contributed by atoms with E-state index >= 15 is 0 Å². The largest absolute Gasteiger partial charge is 0.463 e. The minimum Gasteiger partial charge on any atom is -0.463 e. The Kier molecular flexibility index (Phi) is 22.1. The Morgan fingerprint density at radius 1 is 0.903 bits per heavy atom. The highest BCUT2D eigenvalue weighted by atomic mass is 16.5. The first-order chi connectivity index (χ1) is 14.8. The number of carbonyl (C=O) groups is 3. The molecular formula is C24H41NO6. The summed E-state index contributed by atoms with van der Waals surface area (Å²) in [6, 6.07) is 0. The topological polar surface area (TPSA) is 82.1 Å². The van der Waals surface area contributed by atoms with Crippen LogP contribution >= 0.6 is 0 Å². The van der Waals surface area contributed by atoms with Crippen LogP contribution in [0.15, 0.2) is 38.2 Å². The van der Waals surface area contributed by atoms with E-state index in [4.69, 9.17) is 9.47 Å². The van der Waals surface area contributed by atoms with Crippen molar-refractivity contribution in [2.45, 2.75) is 59.3 Å². The SMILES string of the molecule is C=CC(=O)OCCCCCC(C)C.C=CC(=O)OCCN1CCCC1.C=COC(C)=O. The molecule has 1 saturated heterocycles. The van der Waals surface area contributed by atoms with Crippen LogP contribution in [0, 0.1) is 5.92 Å². The predicted octanol–water partition coefficient (Wildman–Crippen LogP) is 4.44. The van der Waals surface area contributed by atoms with Gasteiger partial charge in [-0.3, -0.25) is 9.69 Å². The molecule has 31 heavy (non-hydrogen) atoms. The van der Waals surface area contributed by atoms with Crippen LogP contribution < -0.4 is 0 Å². The van der Waals surface area contributed by atoms with Gasteiger partial charge in [0.05, 0.1) is 12.9 Å². The normalized spacial score (nSPS) is 12.4. The summed E-state index contributed by atoms with van der Waals surface area (Å²) >= 11 is 0. The maximum atomic E-state index is 10.6. The van der Waals surface area contributed by atoms with Gasteiger partial charge < -0.3 is 14.2 Å². The summed E-state index contributed by atoms with van der Waals surface area (Å²) in [6.45, 7) is 19.7. The Morgan fingerprint density at radius 3 is 1.87 bits per heavy atom. The zero-order valence-corrected chi connectivity index (χ0v) is 19.6. The zero-order valence-electron chi connectivity index (χ0n) is 19.6. The van der Waals surface area contributed by atoms with E-state index in [9.17, 15) is 14.4 Å². The first kappa shape index (κ1) is 30.8. The number of esters is 3. The number of hydrogen-bond acceptors (Lipinski definition) is 7. The molecular weight excluding hydrogens is 398 g/mol. The summed E-state index contributed by atoms with van der Waals surface area (Å²) in [5.41, 5.74) is 0. The van der Waals surface area contributed by atoms with Gasteiger partial charge in [-0.05, 0) is 38.3 Å². The number of hydrogen-bond donors (Lipinski definition) is 0. The van der Waals surface area contributed by atoms with Gasteiger partial charge >= 0.3 is 17.9 Å². The van der Waals surface area contributed by atoms with Gasteiger partial charge in [-0.25, -0.2) is 9.59 Å². The van der Waals surface area contributed by atoms with Gasteiger partial charge in [0.25, 0.3) is 0 Å². The lowest BCUT2D eigenvalue weighted by Gasteiger charge is -2.13. The molecule has 1 rings (SSSR count). The molecule has 0 aromatic rings. The van der Waals surface area contributed by atoms with Crippen LogP contribution in [0.2, 0.25) is 0 Å². The molecule has 0 atom stereocenters. The molecule has 0 saturated carbocycles. The van der Waals surface area contributed by atoms with Gasteiger partial charge in [0, 0.05) is 25.6 Å². The van der Waals surface area contributed by atoms with Crippen LogP contribution in [-0.4, -0.2) is 55.7 Å². The lowest BCUT2D eigenvalue weighted by atomic mass is 10.1. The summed E-state index contributed by atoms with van der Waals surface area (Å²) in [7, 11) is 0. The van der Waals surface area contributed by atoms with Crippen molar-refractivity contribution in [2.24, 2.45) is 5.92 Å². The second-order valence-corrected chi connectivity index (χ2v) is 7.31. The van der Waals surface area contributed by atoms with Crippen molar-refractivity contribution < 1.29 is 28.6 Å². The van der Waals surface area contributed by atoms with Gasteiger partial charge in [-0.15, -0.1) is 0 Å². The molecule has 1 aliphatic rings. The van der Waals surface area contributed by atoms with Crippen LogP contribution in [-0.2, 0) is 28.6 Å². The van der Waals surface area contributed by atoms with E-state index < -0.39 is 0 Å². The highest BCUT2D eigenvalue weighted by Gasteiger charge is 2.10. The van der Waals surface area contributed by atoms with Crippen molar-refractivity contribution in [3.8, 4) is 0 Å². The maximum Gasteiger partial charge on any atom is 0.330 e. The van der Waals surface area contributed by atoms with Gasteiger partial charge in [0.2, 0.25) is 0 Å². The fourth-order valence-corrected chi connectivity index (χ4v) is 2.52. The summed E-state index contributed by atoms with van der Waals surface area (Å²) in [4.78, 5) is 33.3. The number of nitrogens with zero attached hydrogens (tertiary/aromatic N) is 1. The number of unbranched alkanes of at least 4 members (excludes halogenated alkanes) is 2. The van der Waals surface area contributed by atoms with Crippen LogP contribution in [0.5, 0.6) is 0 Å². The molecule has 0 aliphatic carbocycles. The quantitative estimate of drug-likeness (QED) is 0.146. The highest BCUT2D eigenvalue weighted by molar-refractivity contribution is 5.81. The van der Waals surface area contributed by atoms with E-state index in [1.54, 1.807) is 0 Å². The van der Waals surface area contributed by atoms with Crippen molar-refractivity contribution in [3.05, 3.63) is 38.2 Å². The Bertz CT molecular complexity index is 524. The third-order valence-corrected chi connectivity index (χ3v) is 4.10. The van der Waals surface area contributed by atoms with Crippen LogP contribution in [0.1, 0.15) is 59.3 Å². The molecule has 1 heterocycles. The fraction of sp³-hybridized carbons (Fsp3) is 0.625. The third kappa shape index (κ3) is 25.6. The number of ether oxygens (including phenoxy) is 3.